The number of benzene rings is 1. The fraction of sp³-hybridized carbons (Fsp3) is 0.333. The van der Waals surface area contributed by atoms with Crippen molar-refractivity contribution in [3.8, 4) is 11.8 Å². The number of nitrogens with one attached hydrogen (secondary N) is 1. The SMILES string of the molecule is CS(=O)(=O)CCS(=O)(=O)Nc1ccc(Cl)c(C#CCN)c1. The molecule has 0 saturated heterocycles. The molecule has 0 bridgehead atoms. The van der Waals surface area contributed by atoms with Crippen molar-refractivity contribution in [3.63, 3.8) is 0 Å². The summed E-state index contributed by atoms with van der Waals surface area (Å²) in [5, 5.41) is 0.370. The van der Waals surface area contributed by atoms with Gasteiger partial charge in [0.15, 0.2) is 0 Å². The standard InChI is InChI=1S/C12H15ClN2O4S2/c1-20(16,17)7-8-21(18,19)15-11-4-5-12(13)10(9-11)3-2-6-14/h4-5,9,15H,6-8,14H2,1H3. The number of sulfonamides is 1. The van der Waals surface area contributed by atoms with E-state index in [0.29, 0.717) is 10.6 Å². The molecule has 0 atom stereocenters. The van der Waals surface area contributed by atoms with Crippen molar-refractivity contribution in [1.82, 2.24) is 0 Å². The maximum atomic E-state index is 11.8. The monoisotopic (exact) mass is 350 g/mol. The van der Waals surface area contributed by atoms with Crippen LogP contribution < -0.4 is 10.5 Å². The van der Waals surface area contributed by atoms with Gasteiger partial charge in [-0.2, -0.15) is 0 Å². The number of sulfone groups is 1. The minimum atomic E-state index is -3.76. The second kappa shape index (κ2) is 7.13. The molecule has 3 N–H and O–H groups in total. The Bertz CT molecular complexity index is 777. The average molecular weight is 351 g/mol. The zero-order chi connectivity index (χ0) is 16.1. The molecule has 1 rings (SSSR count). The predicted octanol–water partition coefficient (Wildman–Crippen LogP) is 0.436. The molecule has 1 aromatic rings. The van der Waals surface area contributed by atoms with E-state index < -0.39 is 31.4 Å². The van der Waals surface area contributed by atoms with Crippen LogP contribution in [0.15, 0.2) is 18.2 Å². The molecular formula is C12H15ClN2O4S2. The number of hydrogen-bond donors (Lipinski definition) is 2. The molecule has 9 heteroatoms. The van der Waals surface area contributed by atoms with Gasteiger partial charge in [-0.1, -0.05) is 23.4 Å². The van der Waals surface area contributed by atoms with Gasteiger partial charge in [0.05, 0.1) is 23.1 Å². The largest absolute Gasteiger partial charge is 0.320 e. The maximum Gasteiger partial charge on any atom is 0.233 e. The van der Waals surface area contributed by atoms with Crippen LogP contribution in [0.25, 0.3) is 0 Å². The lowest BCUT2D eigenvalue weighted by molar-refractivity contribution is 0.593. The van der Waals surface area contributed by atoms with E-state index in [1.165, 1.54) is 18.2 Å². The van der Waals surface area contributed by atoms with Gasteiger partial charge in [-0.05, 0) is 18.2 Å². The molecule has 0 aliphatic heterocycles. The van der Waals surface area contributed by atoms with Gasteiger partial charge in [0, 0.05) is 17.5 Å². The minimum absolute atomic E-state index is 0.153. The first-order valence-corrected chi connectivity index (χ1v) is 9.89. The Hall–Kier alpha value is -1.27. The Morgan fingerprint density at radius 2 is 1.90 bits per heavy atom. The van der Waals surface area contributed by atoms with Crippen LogP contribution >= 0.6 is 11.6 Å². The number of hydrogen-bond acceptors (Lipinski definition) is 5. The summed E-state index contributed by atoms with van der Waals surface area (Å²) in [4.78, 5) is 0. The molecule has 0 amide bonds. The Balaban J connectivity index is 2.92. The Morgan fingerprint density at radius 1 is 1.24 bits per heavy atom. The van der Waals surface area contributed by atoms with E-state index in [9.17, 15) is 16.8 Å². The van der Waals surface area contributed by atoms with Crippen molar-refractivity contribution in [1.29, 1.82) is 0 Å². The molecule has 1 aromatic carbocycles. The van der Waals surface area contributed by atoms with Crippen molar-refractivity contribution in [2.45, 2.75) is 0 Å². The summed E-state index contributed by atoms with van der Waals surface area (Å²) >= 11 is 5.92. The lowest BCUT2D eigenvalue weighted by Crippen LogP contribution is -2.22. The molecule has 21 heavy (non-hydrogen) atoms. The zero-order valence-corrected chi connectivity index (χ0v) is 13.6. The van der Waals surface area contributed by atoms with Crippen LogP contribution in [-0.4, -0.2) is 41.1 Å². The summed E-state index contributed by atoms with van der Waals surface area (Å²) < 4.78 is 47.9. The molecule has 6 nitrogen and oxygen atoms in total. The highest BCUT2D eigenvalue weighted by atomic mass is 35.5. The quantitative estimate of drug-likeness (QED) is 0.749. The first kappa shape index (κ1) is 17.8. The van der Waals surface area contributed by atoms with Gasteiger partial charge in [0.2, 0.25) is 10.0 Å². The molecule has 0 aromatic heterocycles. The molecule has 0 fully saturated rings. The third-order valence-electron chi connectivity index (χ3n) is 2.29. The van der Waals surface area contributed by atoms with Crippen LogP contribution in [0.1, 0.15) is 5.56 Å². The first-order valence-electron chi connectivity index (χ1n) is 5.80. The summed E-state index contributed by atoms with van der Waals surface area (Å²) in [7, 11) is -7.12. The molecule has 0 unspecified atom stereocenters. The van der Waals surface area contributed by atoms with Gasteiger partial charge in [0.25, 0.3) is 0 Å². The number of halogens is 1. The highest BCUT2D eigenvalue weighted by Crippen LogP contribution is 2.20. The lowest BCUT2D eigenvalue weighted by atomic mass is 10.2. The van der Waals surface area contributed by atoms with E-state index in [-0.39, 0.29) is 12.2 Å². The average Bonchev–Trinajstić information content (AvgIpc) is 2.36. The summed E-state index contributed by atoms with van der Waals surface area (Å²) in [5.74, 6) is 4.37. The van der Waals surface area contributed by atoms with E-state index in [4.69, 9.17) is 17.3 Å². The second-order valence-corrected chi connectivity index (χ2v) is 8.76. The van der Waals surface area contributed by atoms with Gasteiger partial charge in [-0.3, -0.25) is 4.72 Å². The van der Waals surface area contributed by atoms with Crippen molar-refractivity contribution >= 4 is 37.1 Å². The highest BCUT2D eigenvalue weighted by Gasteiger charge is 2.15. The molecule has 0 spiro atoms. The topological polar surface area (TPSA) is 106 Å². The predicted molar refractivity (Wildman–Crippen MR) is 84.5 cm³/mol. The molecule has 0 aliphatic carbocycles. The van der Waals surface area contributed by atoms with Crippen LogP contribution in [-0.2, 0) is 19.9 Å². The first-order chi connectivity index (χ1) is 9.63. The Morgan fingerprint density at radius 3 is 2.48 bits per heavy atom. The van der Waals surface area contributed by atoms with Crippen molar-refractivity contribution in [2.75, 3.05) is 29.0 Å². The van der Waals surface area contributed by atoms with Crippen LogP contribution in [0.2, 0.25) is 5.02 Å². The minimum Gasteiger partial charge on any atom is -0.320 e. The number of anilines is 1. The highest BCUT2D eigenvalue weighted by molar-refractivity contribution is 7.95. The van der Waals surface area contributed by atoms with E-state index in [2.05, 4.69) is 16.6 Å². The summed E-state index contributed by atoms with van der Waals surface area (Å²) in [5.41, 5.74) is 5.96. The number of nitrogens with two attached hydrogens (primary N) is 1. The van der Waals surface area contributed by atoms with Gasteiger partial charge in [-0.15, -0.1) is 0 Å². The molecule has 0 heterocycles. The van der Waals surface area contributed by atoms with Crippen molar-refractivity contribution in [2.24, 2.45) is 5.73 Å². The second-order valence-electron chi connectivity index (χ2n) is 4.25. The summed E-state index contributed by atoms with van der Waals surface area (Å²) in [6.45, 7) is 0.153. The molecule has 0 aliphatic rings. The van der Waals surface area contributed by atoms with Gasteiger partial charge in [0.1, 0.15) is 9.84 Å². The van der Waals surface area contributed by atoms with Crippen LogP contribution in [0.3, 0.4) is 0 Å². The molecule has 116 valence electrons. The zero-order valence-electron chi connectivity index (χ0n) is 11.3. The normalized spacial score (nSPS) is 11.6. The van der Waals surface area contributed by atoms with E-state index >= 15 is 0 Å². The van der Waals surface area contributed by atoms with Crippen molar-refractivity contribution in [3.05, 3.63) is 28.8 Å². The van der Waals surface area contributed by atoms with Crippen LogP contribution in [0, 0.1) is 11.8 Å². The third kappa shape index (κ3) is 6.82. The Kier molecular flexibility index (Phi) is 6.04. The van der Waals surface area contributed by atoms with Gasteiger partial charge >= 0.3 is 0 Å². The third-order valence-corrected chi connectivity index (χ3v) is 5.11. The fourth-order valence-corrected chi connectivity index (χ4v) is 4.16. The van der Waals surface area contributed by atoms with E-state index in [1.54, 1.807) is 0 Å². The van der Waals surface area contributed by atoms with Gasteiger partial charge in [-0.25, -0.2) is 16.8 Å². The maximum absolute atomic E-state index is 11.8. The lowest BCUT2D eigenvalue weighted by Gasteiger charge is -2.08. The van der Waals surface area contributed by atoms with Crippen LogP contribution in [0.4, 0.5) is 5.69 Å². The molecule has 0 saturated carbocycles. The molecule has 0 radical (unpaired) electrons. The van der Waals surface area contributed by atoms with Crippen molar-refractivity contribution < 1.29 is 16.8 Å². The summed E-state index contributed by atoms with van der Waals surface area (Å²) in [6, 6.07) is 4.42. The Labute approximate surface area is 129 Å². The van der Waals surface area contributed by atoms with E-state index in [0.717, 1.165) is 6.26 Å². The smallest absolute Gasteiger partial charge is 0.233 e. The fourth-order valence-electron chi connectivity index (χ4n) is 1.32. The van der Waals surface area contributed by atoms with E-state index in [1.807, 2.05) is 0 Å². The number of rotatable bonds is 5. The van der Waals surface area contributed by atoms with Gasteiger partial charge < -0.3 is 5.73 Å². The molecular weight excluding hydrogens is 336 g/mol. The summed E-state index contributed by atoms with van der Waals surface area (Å²) in [6.07, 6.45) is 0.978. The van der Waals surface area contributed by atoms with Crippen LogP contribution in [0.5, 0.6) is 0 Å².